The summed E-state index contributed by atoms with van der Waals surface area (Å²) in [6, 6.07) is 6.58. The minimum absolute atomic E-state index is 0.184. The van der Waals surface area contributed by atoms with Crippen molar-refractivity contribution in [3.05, 3.63) is 47.8 Å². The van der Waals surface area contributed by atoms with Crippen LogP contribution in [-0.2, 0) is 6.18 Å². The van der Waals surface area contributed by atoms with E-state index in [1.165, 1.54) is 18.3 Å². The van der Waals surface area contributed by atoms with Gasteiger partial charge in [0.2, 0.25) is 0 Å². The van der Waals surface area contributed by atoms with E-state index >= 15 is 0 Å². The number of hydrogen-bond donors (Lipinski definition) is 2. The topological polar surface area (TPSA) is 67.2 Å². The van der Waals surface area contributed by atoms with Crippen LogP contribution in [0.25, 0.3) is 5.69 Å². The summed E-state index contributed by atoms with van der Waals surface area (Å²) in [7, 11) is 0. The molecule has 1 heterocycles. The van der Waals surface area contributed by atoms with Crippen LogP contribution in [0.4, 0.5) is 13.2 Å². The minimum Gasteiger partial charge on any atom is -0.394 e. The number of amides is 1. The molecule has 0 saturated heterocycles. The summed E-state index contributed by atoms with van der Waals surface area (Å²) in [6.45, 7) is 1.63. The van der Waals surface area contributed by atoms with Crippen LogP contribution in [0.3, 0.4) is 0 Å². The van der Waals surface area contributed by atoms with Crippen LogP contribution in [0, 0.1) is 0 Å². The van der Waals surface area contributed by atoms with Crippen molar-refractivity contribution in [2.75, 3.05) is 6.61 Å². The summed E-state index contributed by atoms with van der Waals surface area (Å²) >= 11 is 0. The molecule has 0 fully saturated rings. The minimum atomic E-state index is -4.52. The number of nitrogens with one attached hydrogen (secondary N) is 1. The highest BCUT2D eigenvalue weighted by molar-refractivity contribution is 5.94. The number of alkyl halides is 3. The van der Waals surface area contributed by atoms with E-state index in [1.54, 1.807) is 12.1 Å². The van der Waals surface area contributed by atoms with Crippen LogP contribution in [0.1, 0.15) is 29.4 Å². The number of aliphatic hydroxyl groups excluding tert-OH is 1. The van der Waals surface area contributed by atoms with Gasteiger partial charge in [-0.2, -0.15) is 18.3 Å². The molecule has 124 valence electrons. The van der Waals surface area contributed by atoms with Gasteiger partial charge in [0.25, 0.3) is 5.91 Å². The van der Waals surface area contributed by atoms with Crippen molar-refractivity contribution in [2.24, 2.45) is 0 Å². The summed E-state index contributed by atoms with van der Waals surface area (Å²) in [5, 5.41) is 15.2. The van der Waals surface area contributed by atoms with Crippen molar-refractivity contribution in [1.82, 2.24) is 15.1 Å². The molecule has 0 saturated carbocycles. The first-order valence-electron chi connectivity index (χ1n) is 7.00. The van der Waals surface area contributed by atoms with Gasteiger partial charge >= 0.3 is 6.18 Å². The third-order valence-electron chi connectivity index (χ3n) is 3.30. The highest BCUT2D eigenvalue weighted by Gasteiger charge is 2.33. The van der Waals surface area contributed by atoms with Gasteiger partial charge in [-0.25, -0.2) is 4.68 Å². The van der Waals surface area contributed by atoms with Crippen LogP contribution in [-0.4, -0.2) is 33.4 Å². The van der Waals surface area contributed by atoms with Gasteiger partial charge in [-0.3, -0.25) is 4.79 Å². The van der Waals surface area contributed by atoms with Gasteiger partial charge in [0, 0.05) is 11.8 Å². The van der Waals surface area contributed by atoms with E-state index in [0.717, 1.165) is 10.7 Å². The molecule has 1 aromatic carbocycles. The lowest BCUT2D eigenvalue weighted by atomic mass is 10.1. The third-order valence-corrected chi connectivity index (χ3v) is 3.30. The molecule has 5 nitrogen and oxygen atoms in total. The summed E-state index contributed by atoms with van der Waals surface area (Å²) in [6.07, 6.45) is -2.77. The van der Waals surface area contributed by atoms with Gasteiger partial charge in [-0.05, 0) is 30.7 Å². The van der Waals surface area contributed by atoms with E-state index in [4.69, 9.17) is 5.11 Å². The molecule has 0 aliphatic rings. The average molecular weight is 327 g/mol. The Bertz CT molecular complexity index is 679. The summed E-state index contributed by atoms with van der Waals surface area (Å²) in [5.74, 6) is -0.407. The Morgan fingerprint density at radius 3 is 2.70 bits per heavy atom. The van der Waals surface area contributed by atoms with Crippen molar-refractivity contribution >= 4 is 5.91 Å². The van der Waals surface area contributed by atoms with Crippen LogP contribution in [0.5, 0.6) is 0 Å². The highest BCUT2D eigenvalue weighted by atomic mass is 19.4. The lowest BCUT2D eigenvalue weighted by molar-refractivity contribution is -0.141. The number of halogens is 3. The predicted molar refractivity (Wildman–Crippen MR) is 77.2 cm³/mol. The fourth-order valence-electron chi connectivity index (χ4n) is 1.95. The van der Waals surface area contributed by atoms with E-state index in [-0.39, 0.29) is 18.2 Å². The summed E-state index contributed by atoms with van der Waals surface area (Å²) < 4.78 is 38.8. The molecular formula is C15H16F3N3O2. The lowest BCUT2D eigenvalue weighted by Crippen LogP contribution is -2.36. The van der Waals surface area contributed by atoms with Gasteiger partial charge in [0.15, 0.2) is 5.69 Å². The number of aliphatic hydroxyl groups is 1. The fraction of sp³-hybridized carbons (Fsp3) is 0.333. The molecule has 2 aromatic rings. The number of aromatic nitrogens is 2. The van der Waals surface area contributed by atoms with Crippen LogP contribution >= 0.6 is 0 Å². The number of carbonyl (C=O) groups is 1. The first-order valence-corrected chi connectivity index (χ1v) is 7.00. The van der Waals surface area contributed by atoms with Gasteiger partial charge in [0.1, 0.15) is 0 Å². The number of carbonyl (C=O) groups excluding carboxylic acids is 1. The molecule has 0 aliphatic carbocycles. The van der Waals surface area contributed by atoms with Gasteiger partial charge in [-0.15, -0.1) is 0 Å². The van der Waals surface area contributed by atoms with Gasteiger partial charge in [0.05, 0.1) is 18.3 Å². The van der Waals surface area contributed by atoms with Crippen molar-refractivity contribution in [1.29, 1.82) is 0 Å². The van der Waals surface area contributed by atoms with Gasteiger partial charge in [-0.1, -0.05) is 13.0 Å². The average Bonchev–Trinajstić information content (AvgIpc) is 3.02. The SMILES string of the molecule is CCC(CO)NC(=O)c1cccc(-n2ccc(C(F)(F)F)n2)c1. The molecule has 8 heteroatoms. The normalized spacial score (nSPS) is 12.9. The summed E-state index contributed by atoms with van der Waals surface area (Å²) in [5.41, 5.74) is -0.387. The molecule has 1 unspecified atom stereocenters. The first kappa shape index (κ1) is 17.0. The maximum atomic E-state index is 12.6. The maximum Gasteiger partial charge on any atom is 0.435 e. The molecule has 0 radical (unpaired) electrons. The smallest absolute Gasteiger partial charge is 0.394 e. The van der Waals surface area contributed by atoms with Crippen molar-refractivity contribution < 1.29 is 23.1 Å². The molecule has 2 N–H and O–H groups in total. The first-order chi connectivity index (χ1) is 10.8. The number of nitrogens with zero attached hydrogens (tertiary/aromatic N) is 2. The van der Waals surface area contributed by atoms with E-state index in [9.17, 15) is 18.0 Å². The molecule has 0 bridgehead atoms. The maximum absolute atomic E-state index is 12.6. The number of hydrogen-bond acceptors (Lipinski definition) is 3. The predicted octanol–water partition coefficient (Wildman–Crippen LogP) is 2.39. The molecule has 1 atom stereocenters. The van der Waals surface area contributed by atoms with Crippen LogP contribution in [0.15, 0.2) is 36.5 Å². The molecule has 0 aliphatic heterocycles. The van der Waals surface area contributed by atoms with Crippen molar-refractivity contribution in [3.63, 3.8) is 0 Å². The Hall–Kier alpha value is -2.35. The Balaban J connectivity index is 2.23. The van der Waals surface area contributed by atoms with Crippen LogP contribution in [0.2, 0.25) is 0 Å². The molecular weight excluding hydrogens is 311 g/mol. The standard InChI is InChI=1S/C15H16F3N3O2/c1-2-11(9-22)19-14(23)10-4-3-5-12(8-10)21-7-6-13(20-21)15(16,17)18/h3-8,11,22H,2,9H2,1H3,(H,19,23). The highest BCUT2D eigenvalue weighted by Crippen LogP contribution is 2.27. The van der Waals surface area contributed by atoms with Crippen LogP contribution < -0.4 is 5.32 Å². The van der Waals surface area contributed by atoms with Gasteiger partial charge < -0.3 is 10.4 Å². The molecule has 1 amide bonds. The molecule has 2 rings (SSSR count). The number of benzene rings is 1. The quantitative estimate of drug-likeness (QED) is 0.886. The Morgan fingerprint density at radius 2 is 2.13 bits per heavy atom. The third kappa shape index (κ3) is 4.10. The molecule has 23 heavy (non-hydrogen) atoms. The second-order valence-corrected chi connectivity index (χ2v) is 4.95. The largest absolute Gasteiger partial charge is 0.435 e. The van der Waals surface area contributed by atoms with E-state index < -0.39 is 17.8 Å². The lowest BCUT2D eigenvalue weighted by Gasteiger charge is -2.14. The Morgan fingerprint density at radius 1 is 1.39 bits per heavy atom. The molecule has 1 aromatic heterocycles. The zero-order valence-corrected chi connectivity index (χ0v) is 12.3. The van der Waals surface area contributed by atoms with E-state index in [1.807, 2.05) is 6.92 Å². The van der Waals surface area contributed by atoms with E-state index in [0.29, 0.717) is 12.1 Å². The monoisotopic (exact) mass is 327 g/mol. The zero-order chi connectivity index (χ0) is 17.0. The second kappa shape index (κ2) is 6.82. The summed E-state index contributed by atoms with van der Waals surface area (Å²) in [4.78, 5) is 12.1. The Labute approximate surface area is 130 Å². The van der Waals surface area contributed by atoms with Crippen molar-refractivity contribution in [2.45, 2.75) is 25.6 Å². The zero-order valence-electron chi connectivity index (χ0n) is 12.3. The second-order valence-electron chi connectivity index (χ2n) is 4.95. The van der Waals surface area contributed by atoms with E-state index in [2.05, 4.69) is 10.4 Å². The molecule has 0 spiro atoms. The van der Waals surface area contributed by atoms with Crippen molar-refractivity contribution in [3.8, 4) is 5.69 Å². The Kier molecular flexibility index (Phi) is 5.05. The number of rotatable bonds is 5. The fourth-order valence-corrected chi connectivity index (χ4v) is 1.95.